The fourth-order valence-electron chi connectivity index (χ4n) is 2.09. The van der Waals surface area contributed by atoms with Crippen LogP contribution in [0.25, 0.3) is 0 Å². The van der Waals surface area contributed by atoms with E-state index in [1.807, 2.05) is 0 Å². The lowest BCUT2D eigenvalue weighted by Gasteiger charge is -2.40. The number of nitrogens with one attached hydrogen (secondary N) is 1. The number of hydrogen-bond acceptors (Lipinski definition) is 6. The second kappa shape index (κ2) is 2.63. The molecule has 0 radical (unpaired) electrons. The van der Waals surface area contributed by atoms with Crippen LogP contribution < -0.4 is 5.32 Å². The summed E-state index contributed by atoms with van der Waals surface area (Å²) < 4.78 is 0. The number of aliphatic hydroxyl groups excluding tert-OH is 4. The molecular formula is C7H13NO5. The van der Waals surface area contributed by atoms with Crippen LogP contribution >= 0.6 is 0 Å². The third kappa shape index (κ3) is 1.11. The van der Waals surface area contributed by atoms with Gasteiger partial charge in [0.2, 0.25) is 0 Å². The molecule has 0 unspecified atom stereocenters. The van der Waals surface area contributed by atoms with E-state index in [0.717, 1.165) is 0 Å². The van der Waals surface area contributed by atoms with Gasteiger partial charge in [0.15, 0.2) is 0 Å². The van der Waals surface area contributed by atoms with Crippen molar-refractivity contribution in [1.82, 2.24) is 5.32 Å². The largest absolute Gasteiger partial charge is 0.391 e. The van der Waals surface area contributed by atoms with Gasteiger partial charge in [-0.05, 0) is 0 Å². The minimum absolute atomic E-state index is 0.0903. The van der Waals surface area contributed by atoms with Crippen molar-refractivity contribution < 1.29 is 25.5 Å². The zero-order chi connectivity index (χ0) is 9.80. The summed E-state index contributed by atoms with van der Waals surface area (Å²) in [5.74, 6) is 0. The summed E-state index contributed by atoms with van der Waals surface area (Å²) >= 11 is 0. The minimum Gasteiger partial charge on any atom is -0.391 e. The van der Waals surface area contributed by atoms with Gasteiger partial charge in [0.25, 0.3) is 0 Å². The highest BCUT2D eigenvalue weighted by molar-refractivity contribution is 5.11. The van der Waals surface area contributed by atoms with E-state index >= 15 is 0 Å². The van der Waals surface area contributed by atoms with Crippen molar-refractivity contribution in [2.45, 2.75) is 42.6 Å². The van der Waals surface area contributed by atoms with E-state index in [2.05, 4.69) is 5.32 Å². The SMILES string of the molecule is O[C@@H]1[C@H](O)[C@@H]2N[C@@](O)(C[C@H]2O)[C@H]1O. The molecule has 2 heterocycles. The van der Waals surface area contributed by atoms with Gasteiger partial charge < -0.3 is 25.5 Å². The van der Waals surface area contributed by atoms with Crippen LogP contribution in [0, 0.1) is 0 Å². The molecule has 2 bridgehead atoms. The van der Waals surface area contributed by atoms with Crippen molar-refractivity contribution in [3.8, 4) is 0 Å². The topological polar surface area (TPSA) is 113 Å². The Morgan fingerprint density at radius 1 is 1.08 bits per heavy atom. The van der Waals surface area contributed by atoms with E-state index in [4.69, 9.17) is 0 Å². The minimum atomic E-state index is -1.68. The Morgan fingerprint density at radius 3 is 2.31 bits per heavy atom. The molecule has 6 atom stereocenters. The maximum absolute atomic E-state index is 9.66. The molecule has 0 amide bonds. The van der Waals surface area contributed by atoms with Crippen molar-refractivity contribution in [3.05, 3.63) is 0 Å². The molecule has 2 saturated heterocycles. The molecule has 0 aromatic rings. The van der Waals surface area contributed by atoms with Crippen LogP contribution in [0.3, 0.4) is 0 Å². The molecule has 0 aromatic heterocycles. The van der Waals surface area contributed by atoms with Crippen molar-refractivity contribution in [3.63, 3.8) is 0 Å². The Labute approximate surface area is 74.4 Å². The number of fused-ring (bicyclic) bond motifs is 2. The lowest BCUT2D eigenvalue weighted by atomic mass is 9.94. The fraction of sp³-hybridized carbons (Fsp3) is 1.00. The molecular weight excluding hydrogens is 178 g/mol. The summed E-state index contributed by atoms with van der Waals surface area (Å²) in [7, 11) is 0. The first kappa shape index (κ1) is 9.32. The van der Waals surface area contributed by atoms with Crippen LogP contribution in [0.5, 0.6) is 0 Å². The molecule has 2 fully saturated rings. The molecule has 2 aliphatic rings. The number of aliphatic hydroxyl groups is 5. The first-order chi connectivity index (χ1) is 5.96. The van der Waals surface area contributed by atoms with Crippen LogP contribution in [0.4, 0.5) is 0 Å². The maximum Gasteiger partial charge on any atom is 0.147 e. The first-order valence-corrected chi connectivity index (χ1v) is 4.18. The van der Waals surface area contributed by atoms with Gasteiger partial charge in [0, 0.05) is 6.42 Å². The number of piperidine rings is 1. The number of hydrogen-bond donors (Lipinski definition) is 6. The Bertz CT molecular complexity index is 219. The number of rotatable bonds is 0. The van der Waals surface area contributed by atoms with Crippen molar-refractivity contribution in [1.29, 1.82) is 0 Å². The van der Waals surface area contributed by atoms with Crippen molar-refractivity contribution in [2.24, 2.45) is 0 Å². The van der Waals surface area contributed by atoms with Crippen LogP contribution in [0.15, 0.2) is 0 Å². The molecule has 76 valence electrons. The van der Waals surface area contributed by atoms with E-state index in [0.29, 0.717) is 0 Å². The van der Waals surface area contributed by atoms with Crippen molar-refractivity contribution >= 4 is 0 Å². The van der Waals surface area contributed by atoms with E-state index in [1.165, 1.54) is 0 Å². The Hall–Kier alpha value is -0.240. The van der Waals surface area contributed by atoms with E-state index in [9.17, 15) is 25.5 Å². The average Bonchev–Trinajstić information content (AvgIpc) is 2.35. The smallest absolute Gasteiger partial charge is 0.147 e. The van der Waals surface area contributed by atoms with E-state index < -0.39 is 36.2 Å². The third-order valence-electron chi connectivity index (χ3n) is 2.88. The monoisotopic (exact) mass is 191 g/mol. The van der Waals surface area contributed by atoms with Gasteiger partial charge in [-0.1, -0.05) is 0 Å². The van der Waals surface area contributed by atoms with Crippen LogP contribution in [-0.2, 0) is 0 Å². The zero-order valence-corrected chi connectivity index (χ0v) is 6.83. The molecule has 2 rings (SSSR count). The predicted molar refractivity (Wildman–Crippen MR) is 40.5 cm³/mol. The van der Waals surface area contributed by atoms with Gasteiger partial charge in [-0.15, -0.1) is 0 Å². The summed E-state index contributed by atoms with van der Waals surface area (Å²) in [5.41, 5.74) is -1.68. The molecule has 6 nitrogen and oxygen atoms in total. The molecule has 13 heavy (non-hydrogen) atoms. The van der Waals surface area contributed by atoms with Crippen molar-refractivity contribution in [2.75, 3.05) is 0 Å². The molecule has 0 spiro atoms. The maximum atomic E-state index is 9.66. The first-order valence-electron chi connectivity index (χ1n) is 4.18. The van der Waals surface area contributed by atoms with E-state index in [1.54, 1.807) is 0 Å². The highest BCUT2D eigenvalue weighted by Crippen LogP contribution is 2.34. The Morgan fingerprint density at radius 2 is 1.69 bits per heavy atom. The molecule has 2 aliphatic heterocycles. The molecule has 6 N–H and O–H groups in total. The Kier molecular flexibility index (Phi) is 1.88. The normalized spacial score (nSPS) is 61.2. The molecule has 0 aromatic carbocycles. The van der Waals surface area contributed by atoms with E-state index in [-0.39, 0.29) is 6.42 Å². The molecule has 6 heteroatoms. The summed E-state index contributed by atoms with van der Waals surface area (Å²) in [6.07, 6.45) is -5.20. The van der Waals surface area contributed by atoms with Gasteiger partial charge in [-0.25, -0.2) is 0 Å². The Balaban J connectivity index is 2.30. The highest BCUT2D eigenvalue weighted by Gasteiger charge is 2.58. The second-order valence-corrected chi connectivity index (χ2v) is 3.79. The molecule has 0 saturated carbocycles. The van der Waals surface area contributed by atoms with Gasteiger partial charge >= 0.3 is 0 Å². The molecule has 0 aliphatic carbocycles. The zero-order valence-electron chi connectivity index (χ0n) is 6.83. The van der Waals surface area contributed by atoms with Crippen LogP contribution in [0.1, 0.15) is 6.42 Å². The van der Waals surface area contributed by atoms with Gasteiger partial charge in [-0.3, -0.25) is 5.32 Å². The predicted octanol–water partition coefficient (Wildman–Crippen LogP) is -3.51. The quantitative estimate of drug-likeness (QED) is 0.237. The van der Waals surface area contributed by atoms with Gasteiger partial charge in [-0.2, -0.15) is 0 Å². The summed E-state index contributed by atoms with van der Waals surface area (Å²) in [4.78, 5) is 0. The highest BCUT2D eigenvalue weighted by atomic mass is 16.4. The summed E-state index contributed by atoms with van der Waals surface area (Å²) in [5, 5.41) is 49.6. The standard InChI is InChI=1S/C7H13NO5/c9-2-1-7(13)6(12)5(11)4(10)3(2)8-7/h2-6,8-13H,1H2/t2-,3-,4-,5-,6+,7-/m1/s1. The lowest BCUT2D eigenvalue weighted by molar-refractivity contribution is -0.187. The van der Waals surface area contributed by atoms with Gasteiger partial charge in [0.1, 0.15) is 24.0 Å². The van der Waals surface area contributed by atoms with Crippen LogP contribution in [0.2, 0.25) is 0 Å². The van der Waals surface area contributed by atoms with Crippen LogP contribution in [-0.4, -0.2) is 61.7 Å². The average molecular weight is 191 g/mol. The summed E-state index contributed by atoms with van der Waals surface area (Å²) in [6, 6.07) is -0.775. The second-order valence-electron chi connectivity index (χ2n) is 3.79. The third-order valence-corrected chi connectivity index (χ3v) is 2.88. The van der Waals surface area contributed by atoms with Gasteiger partial charge in [0.05, 0.1) is 12.1 Å². The summed E-state index contributed by atoms with van der Waals surface area (Å²) in [6.45, 7) is 0. The fourth-order valence-corrected chi connectivity index (χ4v) is 2.09. The lowest BCUT2D eigenvalue weighted by Crippen LogP contribution is -2.67.